The van der Waals surface area contributed by atoms with E-state index in [1.54, 1.807) is 10.7 Å². The molecule has 0 atom stereocenters. The Morgan fingerprint density at radius 1 is 1.05 bits per heavy atom. The lowest BCUT2D eigenvalue weighted by atomic mass is 10.1. The molecule has 21 heavy (non-hydrogen) atoms. The Morgan fingerprint density at radius 3 is 2.67 bits per heavy atom. The van der Waals surface area contributed by atoms with E-state index in [0.29, 0.717) is 23.1 Å². The number of halogens is 1. The van der Waals surface area contributed by atoms with Crippen LogP contribution in [-0.2, 0) is 13.0 Å². The molecule has 0 aliphatic rings. The summed E-state index contributed by atoms with van der Waals surface area (Å²) in [4.78, 5) is 0. The van der Waals surface area contributed by atoms with Crippen LogP contribution < -0.4 is 5.73 Å². The third kappa shape index (κ3) is 2.87. The monoisotopic (exact) mass is 299 g/mol. The molecule has 2 N–H and O–H groups in total. The number of nitrogen functional groups attached to an aromatic ring is 1. The van der Waals surface area contributed by atoms with Crippen molar-refractivity contribution in [3.63, 3.8) is 0 Å². The van der Waals surface area contributed by atoms with E-state index in [0.717, 1.165) is 12.0 Å². The summed E-state index contributed by atoms with van der Waals surface area (Å²) >= 11 is 6.05. The molecule has 1 aromatic heterocycles. The van der Waals surface area contributed by atoms with Gasteiger partial charge in [-0.2, -0.15) is 0 Å². The predicted molar refractivity (Wildman–Crippen MR) is 82.8 cm³/mol. The molecule has 0 spiro atoms. The predicted octanol–water partition coefficient (Wildman–Crippen LogP) is 2.82. The van der Waals surface area contributed by atoms with Crippen molar-refractivity contribution in [3.8, 4) is 11.4 Å². The van der Waals surface area contributed by atoms with Crippen LogP contribution in [0.3, 0.4) is 0 Å². The zero-order valence-corrected chi connectivity index (χ0v) is 12.0. The molecule has 0 aliphatic carbocycles. The van der Waals surface area contributed by atoms with Crippen LogP contribution in [0.1, 0.15) is 5.56 Å². The number of tetrazole rings is 1. The number of aryl methyl sites for hydroxylation is 2. The minimum absolute atomic E-state index is 0.495. The van der Waals surface area contributed by atoms with Crippen molar-refractivity contribution in [1.82, 2.24) is 20.2 Å². The summed E-state index contributed by atoms with van der Waals surface area (Å²) in [7, 11) is 0. The molecule has 0 unspecified atom stereocenters. The van der Waals surface area contributed by atoms with Crippen molar-refractivity contribution in [2.24, 2.45) is 0 Å². The lowest BCUT2D eigenvalue weighted by molar-refractivity contribution is 0.594. The van der Waals surface area contributed by atoms with Gasteiger partial charge in [-0.3, -0.25) is 0 Å². The topological polar surface area (TPSA) is 69.6 Å². The van der Waals surface area contributed by atoms with Gasteiger partial charge in [0.05, 0.1) is 10.7 Å². The van der Waals surface area contributed by atoms with E-state index in [2.05, 4.69) is 27.7 Å². The Balaban J connectivity index is 1.86. The van der Waals surface area contributed by atoms with Crippen molar-refractivity contribution in [3.05, 3.63) is 59.1 Å². The zero-order valence-electron chi connectivity index (χ0n) is 11.3. The molecule has 0 bridgehead atoms. The average Bonchev–Trinajstić information content (AvgIpc) is 2.97. The highest BCUT2D eigenvalue weighted by atomic mass is 35.5. The summed E-state index contributed by atoms with van der Waals surface area (Å²) in [5, 5.41) is 12.3. The number of aromatic nitrogens is 4. The van der Waals surface area contributed by atoms with Gasteiger partial charge >= 0.3 is 0 Å². The van der Waals surface area contributed by atoms with E-state index < -0.39 is 0 Å². The first-order valence-electron chi connectivity index (χ1n) is 6.60. The molecular formula is C15H14ClN5. The van der Waals surface area contributed by atoms with E-state index >= 15 is 0 Å². The van der Waals surface area contributed by atoms with Crippen molar-refractivity contribution < 1.29 is 0 Å². The molecule has 0 amide bonds. The van der Waals surface area contributed by atoms with Gasteiger partial charge in [-0.15, -0.1) is 5.10 Å². The summed E-state index contributed by atoms with van der Waals surface area (Å²) in [6, 6.07) is 15.7. The lowest BCUT2D eigenvalue weighted by Crippen LogP contribution is -2.06. The van der Waals surface area contributed by atoms with Crippen molar-refractivity contribution in [2.75, 3.05) is 5.73 Å². The standard InChI is InChI=1S/C15H14ClN5/c16-13-8-4-7-12(14(13)17)15-18-19-20-21(15)10-9-11-5-2-1-3-6-11/h1-8H,9-10,17H2. The Bertz CT molecular complexity index is 739. The number of rotatable bonds is 4. The molecule has 0 fully saturated rings. The highest BCUT2D eigenvalue weighted by Crippen LogP contribution is 2.29. The fraction of sp³-hybridized carbons (Fsp3) is 0.133. The van der Waals surface area contributed by atoms with E-state index in [1.165, 1.54) is 5.56 Å². The van der Waals surface area contributed by atoms with Crippen LogP contribution in [0.2, 0.25) is 5.02 Å². The largest absolute Gasteiger partial charge is 0.397 e. The Morgan fingerprint density at radius 2 is 1.86 bits per heavy atom. The molecule has 6 heteroatoms. The van der Waals surface area contributed by atoms with E-state index in [1.807, 2.05) is 30.3 Å². The second-order valence-corrected chi connectivity index (χ2v) is 5.07. The fourth-order valence-corrected chi connectivity index (χ4v) is 2.33. The molecule has 3 rings (SSSR count). The Hall–Kier alpha value is -2.40. The third-order valence-corrected chi connectivity index (χ3v) is 3.61. The lowest BCUT2D eigenvalue weighted by Gasteiger charge is -2.08. The molecule has 5 nitrogen and oxygen atoms in total. The summed E-state index contributed by atoms with van der Waals surface area (Å²) in [5.41, 5.74) is 8.49. The van der Waals surface area contributed by atoms with Crippen LogP contribution in [0.25, 0.3) is 11.4 Å². The van der Waals surface area contributed by atoms with Gasteiger partial charge < -0.3 is 5.73 Å². The van der Waals surface area contributed by atoms with Crippen LogP contribution in [0.4, 0.5) is 5.69 Å². The molecule has 0 saturated carbocycles. The molecule has 0 saturated heterocycles. The van der Waals surface area contributed by atoms with Crippen LogP contribution in [0, 0.1) is 0 Å². The Kier molecular flexibility index (Phi) is 3.83. The molecule has 0 radical (unpaired) electrons. The van der Waals surface area contributed by atoms with Gasteiger partial charge in [0.25, 0.3) is 0 Å². The van der Waals surface area contributed by atoms with Gasteiger partial charge in [0.1, 0.15) is 0 Å². The van der Waals surface area contributed by atoms with E-state index in [4.69, 9.17) is 17.3 Å². The highest BCUT2D eigenvalue weighted by Gasteiger charge is 2.13. The van der Waals surface area contributed by atoms with Crippen LogP contribution >= 0.6 is 11.6 Å². The first-order chi connectivity index (χ1) is 10.3. The average molecular weight is 300 g/mol. The van der Waals surface area contributed by atoms with Crippen LogP contribution in [-0.4, -0.2) is 20.2 Å². The smallest absolute Gasteiger partial charge is 0.184 e. The minimum atomic E-state index is 0.495. The van der Waals surface area contributed by atoms with Crippen molar-refractivity contribution >= 4 is 17.3 Å². The first-order valence-corrected chi connectivity index (χ1v) is 6.98. The van der Waals surface area contributed by atoms with E-state index in [9.17, 15) is 0 Å². The van der Waals surface area contributed by atoms with Gasteiger partial charge in [0.2, 0.25) is 0 Å². The molecule has 2 aromatic carbocycles. The molecule has 0 aliphatic heterocycles. The van der Waals surface area contributed by atoms with Crippen LogP contribution in [0.15, 0.2) is 48.5 Å². The minimum Gasteiger partial charge on any atom is -0.397 e. The van der Waals surface area contributed by atoms with E-state index in [-0.39, 0.29) is 0 Å². The maximum absolute atomic E-state index is 6.05. The number of hydrogen-bond donors (Lipinski definition) is 1. The van der Waals surface area contributed by atoms with Gasteiger partial charge in [0, 0.05) is 12.1 Å². The quantitative estimate of drug-likeness (QED) is 0.752. The number of para-hydroxylation sites is 1. The highest BCUT2D eigenvalue weighted by molar-refractivity contribution is 6.33. The summed E-state index contributed by atoms with van der Waals surface area (Å²) in [6.45, 7) is 0.679. The van der Waals surface area contributed by atoms with Crippen molar-refractivity contribution in [2.45, 2.75) is 13.0 Å². The van der Waals surface area contributed by atoms with Gasteiger partial charge in [-0.25, -0.2) is 4.68 Å². The fourth-order valence-electron chi connectivity index (χ4n) is 2.16. The Labute approximate surface area is 127 Å². The number of nitrogens with two attached hydrogens (primary N) is 1. The maximum Gasteiger partial charge on any atom is 0.184 e. The number of anilines is 1. The normalized spacial score (nSPS) is 10.7. The summed E-state index contributed by atoms with van der Waals surface area (Å²) in [5.74, 6) is 0.630. The number of benzene rings is 2. The summed E-state index contributed by atoms with van der Waals surface area (Å²) in [6.07, 6.45) is 0.847. The first kappa shape index (κ1) is 13.6. The molecular weight excluding hydrogens is 286 g/mol. The summed E-state index contributed by atoms with van der Waals surface area (Å²) < 4.78 is 1.75. The molecule has 106 valence electrons. The van der Waals surface area contributed by atoms with Crippen LogP contribution in [0.5, 0.6) is 0 Å². The maximum atomic E-state index is 6.05. The second-order valence-electron chi connectivity index (χ2n) is 4.66. The second kappa shape index (κ2) is 5.93. The molecule has 1 heterocycles. The SMILES string of the molecule is Nc1c(Cl)cccc1-c1nnnn1CCc1ccccc1. The molecule has 3 aromatic rings. The van der Waals surface area contributed by atoms with Gasteiger partial charge in [-0.05, 0) is 34.5 Å². The van der Waals surface area contributed by atoms with Crippen molar-refractivity contribution in [1.29, 1.82) is 0 Å². The van der Waals surface area contributed by atoms with Gasteiger partial charge in [-0.1, -0.05) is 48.0 Å². The zero-order chi connectivity index (χ0) is 14.7. The van der Waals surface area contributed by atoms with Gasteiger partial charge in [0.15, 0.2) is 5.82 Å². The third-order valence-electron chi connectivity index (χ3n) is 3.28. The number of nitrogens with zero attached hydrogens (tertiary/aromatic N) is 4. The number of hydrogen-bond acceptors (Lipinski definition) is 4.